The molecule has 7 nitrogen and oxygen atoms in total. The molecule has 0 radical (unpaired) electrons. The minimum absolute atomic E-state index is 0.272. The largest absolute Gasteiger partial charge is 0.465 e. The van der Waals surface area contributed by atoms with Gasteiger partial charge in [0.15, 0.2) is 5.82 Å². The van der Waals surface area contributed by atoms with Crippen LogP contribution in [0.1, 0.15) is 0 Å². The number of carbonyl (C=O) groups is 1. The van der Waals surface area contributed by atoms with Crippen molar-refractivity contribution >= 4 is 23.5 Å². The first-order valence-corrected chi connectivity index (χ1v) is 7.98. The molecular formula is C17H16ClN5O2. The van der Waals surface area contributed by atoms with Gasteiger partial charge in [-0.05, 0) is 29.8 Å². The van der Waals surface area contributed by atoms with E-state index in [1.54, 1.807) is 12.4 Å². The molecule has 0 saturated carbocycles. The van der Waals surface area contributed by atoms with Crippen LogP contribution in [0.25, 0.3) is 22.4 Å². The molecule has 0 spiro atoms. The number of H-pyrrole nitrogens is 1. The zero-order valence-electron chi connectivity index (χ0n) is 13.2. The number of anilines is 1. The van der Waals surface area contributed by atoms with E-state index in [1.807, 2.05) is 36.4 Å². The molecule has 3 rings (SSSR count). The van der Waals surface area contributed by atoms with Gasteiger partial charge in [-0.25, -0.2) is 4.79 Å². The topological polar surface area (TPSA) is 103 Å². The van der Waals surface area contributed by atoms with E-state index in [0.29, 0.717) is 17.4 Å². The molecule has 0 aliphatic rings. The number of hydrogen-bond donors (Lipinski definition) is 4. The first-order chi connectivity index (χ1) is 12.1. The van der Waals surface area contributed by atoms with Crippen LogP contribution in [-0.4, -0.2) is 39.5 Å². The van der Waals surface area contributed by atoms with Crippen molar-refractivity contribution in [2.24, 2.45) is 0 Å². The van der Waals surface area contributed by atoms with E-state index < -0.39 is 6.09 Å². The molecule has 3 aromatic rings. The van der Waals surface area contributed by atoms with Gasteiger partial charge >= 0.3 is 6.09 Å². The summed E-state index contributed by atoms with van der Waals surface area (Å²) < 4.78 is 0. The van der Waals surface area contributed by atoms with Crippen molar-refractivity contribution in [2.45, 2.75) is 0 Å². The average Bonchev–Trinajstić information content (AvgIpc) is 3.04. The van der Waals surface area contributed by atoms with E-state index in [-0.39, 0.29) is 6.54 Å². The van der Waals surface area contributed by atoms with Crippen LogP contribution in [0.2, 0.25) is 5.02 Å². The third kappa shape index (κ3) is 4.07. The Labute approximate surface area is 149 Å². The lowest BCUT2D eigenvalue weighted by Crippen LogP contribution is -2.27. The summed E-state index contributed by atoms with van der Waals surface area (Å²) in [4.78, 5) is 14.6. The van der Waals surface area contributed by atoms with Crippen molar-refractivity contribution in [1.82, 2.24) is 20.5 Å². The summed E-state index contributed by atoms with van der Waals surface area (Å²) in [7, 11) is 0. The highest BCUT2D eigenvalue weighted by atomic mass is 35.5. The van der Waals surface area contributed by atoms with E-state index in [1.165, 1.54) is 0 Å². The van der Waals surface area contributed by atoms with Gasteiger partial charge in [-0.15, -0.1) is 0 Å². The molecule has 0 saturated heterocycles. The Bertz CT molecular complexity index is 849. The Hall–Kier alpha value is -3.06. The molecule has 0 fully saturated rings. The summed E-state index contributed by atoms with van der Waals surface area (Å²) in [5.74, 6) is 0.642. The number of amides is 1. The Morgan fingerprint density at radius 2 is 1.80 bits per heavy atom. The lowest BCUT2D eigenvalue weighted by atomic mass is 10.0. The second-order valence-corrected chi connectivity index (χ2v) is 5.66. The molecule has 1 amide bonds. The first-order valence-electron chi connectivity index (χ1n) is 7.60. The van der Waals surface area contributed by atoms with E-state index in [4.69, 9.17) is 16.7 Å². The minimum Gasteiger partial charge on any atom is -0.465 e. The van der Waals surface area contributed by atoms with E-state index in [9.17, 15) is 4.79 Å². The number of aromatic amines is 1. The zero-order chi connectivity index (χ0) is 17.6. The van der Waals surface area contributed by atoms with Crippen molar-refractivity contribution in [3.8, 4) is 22.4 Å². The Morgan fingerprint density at radius 3 is 2.48 bits per heavy atom. The molecule has 128 valence electrons. The summed E-state index contributed by atoms with van der Waals surface area (Å²) in [5, 5.41) is 22.2. The van der Waals surface area contributed by atoms with Crippen LogP contribution in [0.5, 0.6) is 0 Å². The van der Waals surface area contributed by atoms with E-state index in [0.717, 1.165) is 22.4 Å². The molecule has 0 bridgehead atoms. The van der Waals surface area contributed by atoms with Crippen molar-refractivity contribution in [3.05, 3.63) is 53.8 Å². The third-order valence-corrected chi connectivity index (χ3v) is 3.81. The van der Waals surface area contributed by atoms with Gasteiger partial charge in [0.25, 0.3) is 0 Å². The maximum Gasteiger partial charge on any atom is 0.404 e. The third-order valence-electron chi connectivity index (χ3n) is 3.56. The van der Waals surface area contributed by atoms with E-state index in [2.05, 4.69) is 25.8 Å². The van der Waals surface area contributed by atoms with Crippen LogP contribution in [0, 0.1) is 0 Å². The van der Waals surface area contributed by atoms with Crippen molar-refractivity contribution < 1.29 is 9.90 Å². The standard InChI is InChI=1S/C17H16ClN5O2/c18-13-3-1-12(2-4-13)15-14(11-5-7-19-8-6-11)16(23-22-15)20-9-10-21-17(24)25/h1-8,21H,9-10H2,(H,24,25)(H2,20,22,23). The van der Waals surface area contributed by atoms with Gasteiger partial charge in [-0.3, -0.25) is 10.1 Å². The molecule has 4 N–H and O–H groups in total. The van der Waals surface area contributed by atoms with Gasteiger partial charge in [0.1, 0.15) is 0 Å². The normalized spacial score (nSPS) is 10.4. The molecule has 1 aromatic carbocycles. The smallest absolute Gasteiger partial charge is 0.404 e. The molecule has 0 aliphatic carbocycles. The summed E-state index contributed by atoms with van der Waals surface area (Å²) in [5.41, 5.74) is 3.62. The number of pyridine rings is 1. The highest BCUT2D eigenvalue weighted by molar-refractivity contribution is 6.30. The van der Waals surface area contributed by atoms with Crippen molar-refractivity contribution in [1.29, 1.82) is 0 Å². The lowest BCUT2D eigenvalue weighted by molar-refractivity contribution is 0.195. The molecule has 2 aromatic heterocycles. The molecule has 2 heterocycles. The summed E-state index contributed by atoms with van der Waals surface area (Å²) in [6.07, 6.45) is 2.37. The highest BCUT2D eigenvalue weighted by Gasteiger charge is 2.16. The lowest BCUT2D eigenvalue weighted by Gasteiger charge is -2.08. The number of halogens is 1. The number of aromatic nitrogens is 3. The first kappa shape index (κ1) is 16.8. The number of benzene rings is 1. The highest BCUT2D eigenvalue weighted by Crippen LogP contribution is 2.36. The number of rotatable bonds is 6. The molecule has 8 heteroatoms. The number of hydrogen-bond acceptors (Lipinski definition) is 4. The monoisotopic (exact) mass is 357 g/mol. The summed E-state index contributed by atoms with van der Waals surface area (Å²) in [6, 6.07) is 11.2. The predicted octanol–water partition coefficient (Wildman–Crippen LogP) is 3.47. The van der Waals surface area contributed by atoms with Crippen molar-refractivity contribution in [2.75, 3.05) is 18.4 Å². The Kier molecular flexibility index (Phi) is 5.15. The van der Waals surface area contributed by atoms with Gasteiger partial charge in [-0.2, -0.15) is 5.10 Å². The second kappa shape index (κ2) is 7.67. The molecule has 25 heavy (non-hydrogen) atoms. The molecule has 0 aliphatic heterocycles. The Balaban J connectivity index is 1.93. The van der Waals surface area contributed by atoms with Gasteiger partial charge in [0.2, 0.25) is 0 Å². The van der Waals surface area contributed by atoms with Crippen molar-refractivity contribution in [3.63, 3.8) is 0 Å². The quantitative estimate of drug-likeness (QED) is 0.506. The second-order valence-electron chi connectivity index (χ2n) is 5.22. The fourth-order valence-corrected chi connectivity index (χ4v) is 2.57. The van der Waals surface area contributed by atoms with E-state index >= 15 is 0 Å². The van der Waals surface area contributed by atoms with Crippen LogP contribution < -0.4 is 10.6 Å². The summed E-state index contributed by atoms with van der Waals surface area (Å²) in [6.45, 7) is 0.684. The van der Waals surface area contributed by atoms with Gasteiger partial charge in [-0.1, -0.05) is 23.7 Å². The fourth-order valence-electron chi connectivity index (χ4n) is 2.45. The number of nitrogens with one attached hydrogen (secondary N) is 3. The fraction of sp³-hybridized carbons (Fsp3) is 0.118. The minimum atomic E-state index is -1.06. The molecule has 0 unspecified atom stereocenters. The summed E-state index contributed by atoms with van der Waals surface area (Å²) >= 11 is 5.97. The number of nitrogens with zero attached hydrogens (tertiary/aromatic N) is 2. The van der Waals surface area contributed by atoms with Crippen LogP contribution >= 0.6 is 11.6 Å². The maximum atomic E-state index is 10.5. The van der Waals surface area contributed by atoms with Gasteiger partial charge in [0, 0.05) is 36.1 Å². The predicted molar refractivity (Wildman–Crippen MR) is 96.8 cm³/mol. The maximum absolute atomic E-state index is 10.5. The van der Waals surface area contributed by atoms with Gasteiger partial charge < -0.3 is 15.7 Å². The zero-order valence-corrected chi connectivity index (χ0v) is 13.9. The Morgan fingerprint density at radius 1 is 1.08 bits per heavy atom. The molecular weight excluding hydrogens is 342 g/mol. The van der Waals surface area contributed by atoms with Crippen LogP contribution in [0.4, 0.5) is 10.6 Å². The van der Waals surface area contributed by atoms with Crippen LogP contribution in [0.15, 0.2) is 48.8 Å². The SMILES string of the molecule is O=C(O)NCCNc1n[nH]c(-c2ccc(Cl)cc2)c1-c1ccncc1. The van der Waals surface area contributed by atoms with Crippen LogP contribution in [0.3, 0.4) is 0 Å². The van der Waals surface area contributed by atoms with Crippen LogP contribution in [-0.2, 0) is 0 Å². The van der Waals surface area contributed by atoms with Gasteiger partial charge in [0.05, 0.1) is 11.3 Å². The number of carboxylic acid groups (broad SMARTS) is 1. The molecule has 0 atom stereocenters. The average molecular weight is 358 g/mol.